The number of rotatable bonds is 2. The van der Waals surface area contributed by atoms with Gasteiger partial charge in [0.05, 0.1) is 5.69 Å². The maximum atomic E-state index is 12.6. The molecule has 1 aliphatic heterocycles. The Hall–Kier alpha value is -1.04. The Morgan fingerprint density at radius 2 is 1.95 bits per heavy atom. The molecule has 0 amide bonds. The molecule has 0 fully saturated rings. The number of halogens is 1. The zero-order chi connectivity index (χ0) is 15.8. The average Bonchev–Trinajstić information content (AvgIpc) is 2.37. The predicted molar refractivity (Wildman–Crippen MR) is 86.8 cm³/mol. The van der Waals surface area contributed by atoms with E-state index < -0.39 is 10.0 Å². The first-order chi connectivity index (χ1) is 9.62. The van der Waals surface area contributed by atoms with Crippen molar-refractivity contribution in [2.45, 2.75) is 32.1 Å². The first kappa shape index (κ1) is 16.3. The van der Waals surface area contributed by atoms with Crippen molar-refractivity contribution in [3.8, 4) is 0 Å². The molecule has 1 aliphatic rings. The second-order valence-corrected chi connectivity index (χ2v) is 8.62. The number of nitrogen functional groups attached to an aromatic ring is 1. The van der Waals surface area contributed by atoms with E-state index >= 15 is 0 Å². The van der Waals surface area contributed by atoms with Crippen LogP contribution in [0, 0.1) is 5.41 Å². The highest BCUT2D eigenvalue weighted by Crippen LogP contribution is 2.32. The molecule has 0 aliphatic carbocycles. The summed E-state index contributed by atoms with van der Waals surface area (Å²) in [6, 6.07) is 4.48. The van der Waals surface area contributed by atoms with Crippen LogP contribution in [-0.4, -0.2) is 25.8 Å². The van der Waals surface area contributed by atoms with Gasteiger partial charge in [0, 0.05) is 18.1 Å². The van der Waals surface area contributed by atoms with Crippen molar-refractivity contribution in [1.82, 2.24) is 4.31 Å². The molecule has 0 atom stereocenters. The average molecular weight is 329 g/mol. The lowest BCUT2D eigenvalue weighted by atomic mass is 9.83. The first-order valence-electron chi connectivity index (χ1n) is 6.87. The van der Waals surface area contributed by atoms with Crippen LogP contribution in [-0.2, 0) is 10.0 Å². The van der Waals surface area contributed by atoms with Gasteiger partial charge in [-0.3, -0.25) is 0 Å². The Labute approximate surface area is 131 Å². The van der Waals surface area contributed by atoms with Crippen LogP contribution in [0.1, 0.15) is 27.2 Å². The molecule has 0 bridgehead atoms. The zero-order valence-corrected chi connectivity index (χ0v) is 14.1. The SMILES string of the molecule is CC(C)(C)C1=CCN(S(=O)(=O)c2ccc(Cl)cc2N)CC1. The molecule has 0 saturated carbocycles. The minimum Gasteiger partial charge on any atom is -0.398 e. The summed E-state index contributed by atoms with van der Waals surface area (Å²) in [5.74, 6) is 0. The van der Waals surface area contributed by atoms with Crippen molar-refractivity contribution in [3.05, 3.63) is 34.9 Å². The third-order valence-corrected chi connectivity index (χ3v) is 5.90. The zero-order valence-electron chi connectivity index (χ0n) is 12.6. The van der Waals surface area contributed by atoms with Gasteiger partial charge in [-0.2, -0.15) is 4.31 Å². The second kappa shape index (κ2) is 5.63. The van der Waals surface area contributed by atoms with E-state index in [4.69, 9.17) is 17.3 Å². The van der Waals surface area contributed by atoms with Gasteiger partial charge in [-0.1, -0.05) is 44.0 Å². The Morgan fingerprint density at radius 3 is 2.43 bits per heavy atom. The highest BCUT2D eigenvalue weighted by atomic mass is 35.5. The Morgan fingerprint density at radius 1 is 1.29 bits per heavy atom. The van der Waals surface area contributed by atoms with Gasteiger partial charge >= 0.3 is 0 Å². The number of nitrogens with two attached hydrogens (primary N) is 1. The van der Waals surface area contributed by atoms with E-state index in [2.05, 4.69) is 20.8 Å². The number of nitrogens with zero attached hydrogens (tertiary/aromatic N) is 1. The summed E-state index contributed by atoms with van der Waals surface area (Å²) in [6.07, 6.45) is 2.75. The number of hydrogen-bond acceptors (Lipinski definition) is 3. The van der Waals surface area contributed by atoms with Gasteiger partial charge < -0.3 is 5.73 Å². The number of sulfonamides is 1. The molecule has 0 aromatic heterocycles. The van der Waals surface area contributed by atoms with E-state index in [0.29, 0.717) is 18.1 Å². The van der Waals surface area contributed by atoms with E-state index in [-0.39, 0.29) is 16.0 Å². The Balaban J connectivity index is 2.29. The highest BCUT2D eigenvalue weighted by molar-refractivity contribution is 7.89. The first-order valence-corrected chi connectivity index (χ1v) is 8.69. The minimum atomic E-state index is -3.57. The van der Waals surface area contributed by atoms with Gasteiger partial charge in [0.1, 0.15) is 4.90 Å². The predicted octanol–water partition coefficient (Wildman–Crippen LogP) is 3.29. The summed E-state index contributed by atoms with van der Waals surface area (Å²) in [6.45, 7) is 7.28. The fourth-order valence-corrected chi connectivity index (χ4v) is 4.10. The summed E-state index contributed by atoms with van der Waals surface area (Å²) in [5, 5.41) is 0.431. The molecule has 6 heteroatoms. The standard InChI is InChI=1S/C15H21ClN2O2S/c1-15(2,3)11-6-8-18(9-7-11)21(19,20)14-5-4-12(16)10-13(14)17/h4-6,10H,7-9,17H2,1-3H3. The van der Waals surface area contributed by atoms with Crippen molar-refractivity contribution in [3.63, 3.8) is 0 Å². The highest BCUT2D eigenvalue weighted by Gasteiger charge is 2.30. The molecule has 116 valence electrons. The van der Waals surface area contributed by atoms with Gasteiger partial charge in [-0.25, -0.2) is 8.42 Å². The maximum Gasteiger partial charge on any atom is 0.245 e. The van der Waals surface area contributed by atoms with Crippen LogP contribution in [0.25, 0.3) is 0 Å². The summed E-state index contributed by atoms with van der Waals surface area (Å²) in [7, 11) is -3.57. The molecule has 4 nitrogen and oxygen atoms in total. The number of benzene rings is 1. The Kier molecular flexibility index (Phi) is 4.38. The molecule has 0 radical (unpaired) electrons. The molecule has 2 rings (SSSR count). The van der Waals surface area contributed by atoms with E-state index in [9.17, 15) is 8.42 Å². The molecule has 21 heavy (non-hydrogen) atoms. The van der Waals surface area contributed by atoms with Crippen LogP contribution in [0.15, 0.2) is 34.7 Å². The number of hydrogen-bond donors (Lipinski definition) is 1. The fourth-order valence-electron chi connectivity index (χ4n) is 2.44. The van der Waals surface area contributed by atoms with Gasteiger partial charge in [-0.05, 0) is 30.0 Å². The van der Waals surface area contributed by atoms with Crippen LogP contribution in [0.5, 0.6) is 0 Å². The molecule has 1 heterocycles. The van der Waals surface area contributed by atoms with Crippen LogP contribution < -0.4 is 5.73 Å². The summed E-state index contributed by atoms with van der Waals surface area (Å²) >= 11 is 5.82. The van der Waals surface area contributed by atoms with Gasteiger partial charge in [0.25, 0.3) is 0 Å². The molecule has 2 N–H and O–H groups in total. The number of anilines is 1. The summed E-state index contributed by atoms with van der Waals surface area (Å²) < 4.78 is 26.8. The lowest BCUT2D eigenvalue weighted by Gasteiger charge is -2.31. The third-order valence-electron chi connectivity index (χ3n) is 3.72. The Bertz CT molecular complexity index is 675. The topological polar surface area (TPSA) is 63.4 Å². The molecule has 1 aromatic rings. The molecular formula is C15H21ClN2O2S. The van der Waals surface area contributed by atoms with Crippen molar-refractivity contribution in [2.75, 3.05) is 18.8 Å². The van der Waals surface area contributed by atoms with Crippen LogP contribution in [0.2, 0.25) is 5.02 Å². The van der Waals surface area contributed by atoms with Crippen LogP contribution in [0.3, 0.4) is 0 Å². The van der Waals surface area contributed by atoms with E-state index in [1.54, 1.807) is 6.07 Å². The van der Waals surface area contributed by atoms with E-state index in [1.807, 2.05) is 6.08 Å². The molecule has 1 aromatic carbocycles. The summed E-state index contributed by atoms with van der Waals surface area (Å²) in [4.78, 5) is 0.125. The van der Waals surface area contributed by atoms with Crippen LogP contribution in [0.4, 0.5) is 5.69 Å². The van der Waals surface area contributed by atoms with E-state index in [0.717, 1.165) is 6.42 Å². The van der Waals surface area contributed by atoms with Crippen molar-refractivity contribution in [2.24, 2.45) is 5.41 Å². The van der Waals surface area contributed by atoms with Gasteiger partial charge in [-0.15, -0.1) is 0 Å². The third kappa shape index (κ3) is 3.42. The van der Waals surface area contributed by atoms with Gasteiger partial charge in [0.2, 0.25) is 10.0 Å². The van der Waals surface area contributed by atoms with E-state index in [1.165, 1.54) is 22.0 Å². The van der Waals surface area contributed by atoms with Crippen LogP contribution >= 0.6 is 11.6 Å². The smallest absolute Gasteiger partial charge is 0.245 e. The van der Waals surface area contributed by atoms with Crippen molar-refractivity contribution >= 4 is 27.3 Å². The minimum absolute atomic E-state index is 0.0785. The normalized spacial score (nSPS) is 17.6. The van der Waals surface area contributed by atoms with Gasteiger partial charge in [0.15, 0.2) is 0 Å². The molecule has 0 unspecified atom stereocenters. The fraction of sp³-hybridized carbons (Fsp3) is 0.467. The molecular weight excluding hydrogens is 308 g/mol. The maximum absolute atomic E-state index is 12.6. The quantitative estimate of drug-likeness (QED) is 0.669. The van der Waals surface area contributed by atoms with Crippen molar-refractivity contribution < 1.29 is 8.42 Å². The lowest BCUT2D eigenvalue weighted by molar-refractivity contribution is 0.390. The lowest BCUT2D eigenvalue weighted by Crippen LogP contribution is -2.36. The largest absolute Gasteiger partial charge is 0.398 e. The molecule has 0 saturated heterocycles. The second-order valence-electron chi connectivity index (χ2n) is 6.27. The summed E-state index contributed by atoms with van der Waals surface area (Å²) in [5.41, 5.74) is 7.36. The monoisotopic (exact) mass is 328 g/mol. The van der Waals surface area contributed by atoms with Crippen molar-refractivity contribution in [1.29, 1.82) is 0 Å². The molecule has 0 spiro atoms.